The zero-order chi connectivity index (χ0) is 15.5. The van der Waals surface area contributed by atoms with Crippen LogP contribution in [0.15, 0.2) is 23.8 Å². The molecule has 2 aromatic rings. The maximum Gasteiger partial charge on any atom is 0.227 e. The lowest BCUT2D eigenvalue weighted by atomic mass is 9.95. The molecule has 1 fully saturated rings. The molecule has 2 aromatic heterocycles. The molecule has 0 aliphatic carbocycles. The first-order valence-electron chi connectivity index (χ1n) is 7.84. The van der Waals surface area contributed by atoms with Crippen LogP contribution in [0.1, 0.15) is 49.4 Å². The number of nitrogens with zero attached hydrogens (tertiary/aromatic N) is 4. The molecule has 22 heavy (non-hydrogen) atoms. The Balaban J connectivity index is 1.58. The maximum absolute atomic E-state index is 12.3. The minimum absolute atomic E-state index is 0.242. The summed E-state index contributed by atoms with van der Waals surface area (Å²) < 4.78 is 2.15. The van der Waals surface area contributed by atoms with Crippen molar-refractivity contribution in [3.63, 3.8) is 0 Å². The summed E-state index contributed by atoms with van der Waals surface area (Å²) in [4.78, 5) is 15.5. The Morgan fingerprint density at radius 3 is 2.82 bits per heavy atom. The number of hydrogen-bond acceptors (Lipinski definition) is 4. The molecule has 118 valence electrons. The number of carbonyl (C=O) groups is 1. The van der Waals surface area contributed by atoms with Crippen LogP contribution in [0.5, 0.6) is 0 Å². The lowest BCUT2D eigenvalue weighted by Crippen LogP contribution is -2.39. The van der Waals surface area contributed by atoms with Gasteiger partial charge in [0.25, 0.3) is 0 Å². The van der Waals surface area contributed by atoms with Gasteiger partial charge in [0.05, 0.1) is 6.42 Å². The highest BCUT2D eigenvalue weighted by Crippen LogP contribution is 2.28. The van der Waals surface area contributed by atoms with Crippen molar-refractivity contribution < 1.29 is 4.79 Å². The normalized spacial score (nSPS) is 16.4. The molecule has 0 N–H and O–H groups in total. The van der Waals surface area contributed by atoms with E-state index in [2.05, 4.69) is 28.6 Å². The van der Waals surface area contributed by atoms with Gasteiger partial charge in [-0.25, -0.2) is 0 Å². The molecule has 0 unspecified atom stereocenters. The molecule has 1 aliphatic rings. The molecule has 1 saturated heterocycles. The van der Waals surface area contributed by atoms with Crippen LogP contribution in [0, 0.1) is 0 Å². The van der Waals surface area contributed by atoms with Gasteiger partial charge in [-0.2, -0.15) is 0 Å². The summed E-state index contributed by atoms with van der Waals surface area (Å²) in [6.45, 7) is 5.93. The van der Waals surface area contributed by atoms with Crippen LogP contribution in [0.2, 0.25) is 0 Å². The largest absolute Gasteiger partial charge is 0.342 e. The number of hydrogen-bond donors (Lipinski definition) is 0. The van der Waals surface area contributed by atoms with Crippen LogP contribution in [0.25, 0.3) is 0 Å². The highest BCUT2D eigenvalue weighted by molar-refractivity contribution is 7.10. The van der Waals surface area contributed by atoms with E-state index in [1.165, 1.54) is 0 Å². The fraction of sp³-hybridized carbons (Fsp3) is 0.562. The Bertz CT molecular complexity index is 612. The van der Waals surface area contributed by atoms with Gasteiger partial charge in [-0.05, 0) is 38.1 Å². The summed E-state index contributed by atoms with van der Waals surface area (Å²) in [5.41, 5.74) is 0. The first-order chi connectivity index (χ1) is 10.6. The third-order valence-corrected chi connectivity index (χ3v) is 5.15. The van der Waals surface area contributed by atoms with Gasteiger partial charge >= 0.3 is 0 Å². The van der Waals surface area contributed by atoms with Crippen molar-refractivity contribution in [2.24, 2.45) is 0 Å². The van der Waals surface area contributed by atoms with Crippen molar-refractivity contribution in [1.82, 2.24) is 19.7 Å². The minimum atomic E-state index is 0.242. The first kappa shape index (κ1) is 15.2. The molecule has 3 heterocycles. The Morgan fingerprint density at radius 1 is 1.41 bits per heavy atom. The van der Waals surface area contributed by atoms with E-state index in [1.807, 2.05) is 28.7 Å². The lowest BCUT2D eigenvalue weighted by molar-refractivity contribution is -0.131. The summed E-state index contributed by atoms with van der Waals surface area (Å²) in [5.74, 6) is 1.72. The molecule has 5 nitrogen and oxygen atoms in total. The number of thiophene rings is 1. The molecule has 6 heteroatoms. The molecule has 0 aromatic carbocycles. The fourth-order valence-electron chi connectivity index (χ4n) is 3.00. The Morgan fingerprint density at radius 2 is 2.18 bits per heavy atom. The lowest BCUT2D eigenvalue weighted by Gasteiger charge is -2.32. The van der Waals surface area contributed by atoms with E-state index in [0.29, 0.717) is 18.4 Å². The molecule has 0 atom stereocenters. The zero-order valence-corrected chi connectivity index (χ0v) is 13.9. The summed E-state index contributed by atoms with van der Waals surface area (Å²) in [7, 11) is 0. The quantitative estimate of drug-likeness (QED) is 0.871. The molecular formula is C16H22N4OS. The maximum atomic E-state index is 12.3. The third-order valence-electron chi connectivity index (χ3n) is 4.28. The van der Waals surface area contributed by atoms with Crippen LogP contribution in [0.3, 0.4) is 0 Å². The zero-order valence-electron chi connectivity index (χ0n) is 13.1. The number of rotatable bonds is 4. The van der Waals surface area contributed by atoms with Crippen molar-refractivity contribution in [3.05, 3.63) is 34.5 Å². The molecule has 0 bridgehead atoms. The Kier molecular flexibility index (Phi) is 4.57. The summed E-state index contributed by atoms with van der Waals surface area (Å²) in [5, 5.41) is 10.4. The third kappa shape index (κ3) is 3.21. The minimum Gasteiger partial charge on any atom is -0.342 e. The predicted octanol–water partition coefficient (Wildman–Crippen LogP) is 2.87. The highest BCUT2D eigenvalue weighted by atomic mass is 32.1. The topological polar surface area (TPSA) is 51.0 Å². The van der Waals surface area contributed by atoms with Gasteiger partial charge in [-0.15, -0.1) is 21.5 Å². The standard InChI is InChI=1S/C16H22N4OS/c1-12(2)20-11-17-18-16(20)13-5-7-19(8-6-13)15(21)10-14-4-3-9-22-14/h3-4,9,11-13H,5-8,10H2,1-2H3. The summed E-state index contributed by atoms with van der Waals surface area (Å²) in [6, 6.07) is 4.40. The second-order valence-corrected chi connectivity index (χ2v) is 7.13. The van der Waals surface area contributed by atoms with Crippen molar-refractivity contribution in [2.45, 2.75) is 45.1 Å². The van der Waals surface area contributed by atoms with E-state index in [0.717, 1.165) is 36.6 Å². The van der Waals surface area contributed by atoms with Gasteiger partial charge < -0.3 is 9.47 Å². The number of carbonyl (C=O) groups excluding carboxylic acids is 1. The second kappa shape index (κ2) is 6.60. The van der Waals surface area contributed by atoms with E-state index in [-0.39, 0.29) is 5.91 Å². The van der Waals surface area contributed by atoms with Gasteiger partial charge in [0, 0.05) is 29.9 Å². The SMILES string of the molecule is CC(C)n1cnnc1C1CCN(C(=O)Cc2cccs2)CC1. The fourth-order valence-corrected chi connectivity index (χ4v) is 3.70. The monoisotopic (exact) mass is 318 g/mol. The number of aromatic nitrogens is 3. The van der Waals surface area contributed by atoms with Crippen LogP contribution in [-0.4, -0.2) is 38.7 Å². The molecule has 0 spiro atoms. The number of likely N-dealkylation sites (tertiary alicyclic amines) is 1. The van der Waals surface area contributed by atoms with E-state index in [4.69, 9.17) is 0 Å². The molecule has 0 saturated carbocycles. The molecule has 1 amide bonds. The first-order valence-corrected chi connectivity index (χ1v) is 8.72. The van der Waals surface area contributed by atoms with Gasteiger partial charge in [0.1, 0.15) is 12.2 Å². The molecule has 3 rings (SSSR count). The van der Waals surface area contributed by atoms with Crippen molar-refractivity contribution >= 4 is 17.2 Å². The van der Waals surface area contributed by atoms with Gasteiger partial charge in [-0.3, -0.25) is 4.79 Å². The Labute approximate surface area is 135 Å². The van der Waals surface area contributed by atoms with Crippen LogP contribution in [-0.2, 0) is 11.2 Å². The van der Waals surface area contributed by atoms with Crippen molar-refractivity contribution in [3.8, 4) is 0 Å². The van der Waals surface area contributed by atoms with E-state index in [9.17, 15) is 4.79 Å². The van der Waals surface area contributed by atoms with Gasteiger partial charge in [0.15, 0.2) is 0 Å². The smallest absolute Gasteiger partial charge is 0.227 e. The average molecular weight is 318 g/mol. The highest BCUT2D eigenvalue weighted by Gasteiger charge is 2.27. The van der Waals surface area contributed by atoms with Crippen LogP contribution < -0.4 is 0 Å². The van der Waals surface area contributed by atoms with E-state index >= 15 is 0 Å². The Hall–Kier alpha value is -1.69. The molecule has 0 radical (unpaired) electrons. The number of amides is 1. The van der Waals surface area contributed by atoms with Crippen molar-refractivity contribution in [1.29, 1.82) is 0 Å². The average Bonchev–Trinajstić information content (AvgIpc) is 3.18. The van der Waals surface area contributed by atoms with E-state index < -0.39 is 0 Å². The van der Waals surface area contributed by atoms with E-state index in [1.54, 1.807) is 11.3 Å². The van der Waals surface area contributed by atoms with Crippen molar-refractivity contribution in [2.75, 3.05) is 13.1 Å². The van der Waals surface area contributed by atoms with Crippen LogP contribution in [0.4, 0.5) is 0 Å². The van der Waals surface area contributed by atoms with Crippen LogP contribution >= 0.6 is 11.3 Å². The molecular weight excluding hydrogens is 296 g/mol. The summed E-state index contributed by atoms with van der Waals surface area (Å²) >= 11 is 1.65. The van der Waals surface area contributed by atoms with Gasteiger partial charge in [-0.1, -0.05) is 6.07 Å². The second-order valence-electron chi connectivity index (χ2n) is 6.10. The molecule has 1 aliphatic heterocycles. The van der Waals surface area contributed by atoms with Gasteiger partial charge in [0.2, 0.25) is 5.91 Å². The predicted molar refractivity (Wildman–Crippen MR) is 87.0 cm³/mol. The number of piperidine rings is 1. The summed E-state index contributed by atoms with van der Waals surface area (Å²) in [6.07, 6.45) is 4.29.